The van der Waals surface area contributed by atoms with E-state index < -0.39 is 0 Å². The van der Waals surface area contributed by atoms with Gasteiger partial charge in [0.15, 0.2) is 0 Å². The lowest BCUT2D eigenvalue weighted by molar-refractivity contribution is 0.113. The van der Waals surface area contributed by atoms with Crippen LogP contribution >= 0.6 is 11.8 Å². The fraction of sp³-hybridized carbons (Fsp3) is 0.545. The van der Waals surface area contributed by atoms with Gasteiger partial charge in [0.25, 0.3) is 0 Å². The Kier molecular flexibility index (Phi) is 6.96. The number of nitrogens with two attached hydrogens (primary N) is 1. The molecule has 4 nitrogen and oxygen atoms in total. The molecule has 5 heteroatoms. The number of nitrogen functional groups attached to an aromatic ring is 1. The number of pyridine rings is 1. The molecule has 0 fully saturated rings. The minimum Gasteiger partial charge on any atom is -0.397 e. The Morgan fingerprint density at radius 1 is 1.38 bits per heavy atom. The molecule has 1 aromatic rings. The van der Waals surface area contributed by atoms with Crippen molar-refractivity contribution in [3.63, 3.8) is 0 Å². The lowest BCUT2D eigenvalue weighted by Crippen LogP contribution is -2.02. The van der Waals surface area contributed by atoms with Gasteiger partial charge in [0.2, 0.25) is 0 Å². The summed E-state index contributed by atoms with van der Waals surface area (Å²) in [5, 5.41) is 0. The Balaban J connectivity index is 2.05. The summed E-state index contributed by atoms with van der Waals surface area (Å²) in [6.45, 7) is 2.24. The van der Waals surface area contributed by atoms with Crippen molar-refractivity contribution in [1.29, 1.82) is 0 Å². The molecule has 0 amide bonds. The molecule has 0 aliphatic rings. The molecule has 90 valence electrons. The maximum atomic E-state index is 5.76. The topological polar surface area (TPSA) is 57.4 Å². The first-order valence-corrected chi connectivity index (χ1v) is 6.22. The molecule has 0 saturated carbocycles. The van der Waals surface area contributed by atoms with Crippen molar-refractivity contribution in [2.45, 2.75) is 11.3 Å². The van der Waals surface area contributed by atoms with Crippen LogP contribution in [0.15, 0.2) is 23.4 Å². The Bertz CT molecular complexity index is 297. The average Bonchev–Trinajstić information content (AvgIpc) is 2.30. The van der Waals surface area contributed by atoms with Crippen LogP contribution in [-0.4, -0.2) is 37.7 Å². The second-order valence-electron chi connectivity index (χ2n) is 3.22. The van der Waals surface area contributed by atoms with Crippen molar-refractivity contribution < 1.29 is 9.47 Å². The van der Waals surface area contributed by atoms with Gasteiger partial charge in [0.1, 0.15) is 0 Å². The number of methoxy groups -OCH3 is 1. The van der Waals surface area contributed by atoms with Gasteiger partial charge in [-0.25, -0.2) is 0 Å². The van der Waals surface area contributed by atoms with Crippen LogP contribution in [-0.2, 0) is 9.47 Å². The molecule has 16 heavy (non-hydrogen) atoms. The van der Waals surface area contributed by atoms with Crippen molar-refractivity contribution in [1.82, 2.24) is 4.98 Å². The Morgan fingerprint density at radius 2 is 2.25 bits per heavy atom. The van der Waals surface area contributed by atoms with E-state index in [1.807, 2.05) is 6.07 Å². The van der Waals surface area contributed by atoms with E-state index in [1.54, 1.807) is 31.3 Å². The number of anilines is 1. The van der Waals surface area contributed by atoms with Gasteiger partial charge >= 0.3 is 0 Å². The number of rotatable bonds is 8. The highest BCUT2D eigenvalue weighted by Gasteiger charge is 1.98. The Labute approximate surface area is 101 Å². The molecule has 2 N–H and O–H groups in total. The Morgan fingerprint density at radius 3 is 3.00 bits per heavy atom. The molecule has 0 radical (unpaired) electrons. The normalized spacial score (nSPS) is 10.6. The minimum absolute atomic E-state index is 0.729. The van der Waals surface area contributed by atoms with E-state index in [0.717, 1.165) is 42.6 Å². The molecule has 0 aliphatic carbocycles. The second kappa shape index (κ2) is 8.38. The van der Waals surface area contributed by atoms with E-state index in [-0.39, 0.29) is 0 Å². The molecular weight excluding hydrogens is 224 g/mol. The predicted octanol–water partition coefficient (Wildman–Crippen LogP) is 1.81. The summed E-state index contributed by atoms with van der Waals surface area (Å²) in [7, 11) is 1.70. The van der Waals surface area contributed by atoms with E-state index in [9.17, 15) is 0 Å². The maximum absolute atomic E-state index is 5.76. The highest BCUT2D eigenvalue weighted by molar-refractivity contribution is 7.99. The Hall–Kier alpha value is -0.780. The second-order valence-corrected chi connectivity index (χ2v) is 4.36. The molecule has 0 aromatic carbocycles. The maximum Gasteiger partial charge on any atom is 0.0638 e. The van der Waals surface area contributed by atoms with Gasteiger partial charge in [-0.3, -0.25) is 4.98 Å². The average molecular weight is 242 g/mol. The number of thioether (sulfide) groups is 1. The van der Waals surface area contributed by atoms with Crippen LogP contribution < -0.4 is 5.73 Å². The fourth-order valence-corrected chi connectivity index (χ4v) is 1.94. The molecular formula is C11H18N2O2S. The molecule has 0 atom stereocenters. The minimum atomic E-state index is 0.729. The zero-order valence-electron chi connectivity index (χ0n) is 9.52. The molecule has 0 unspecified atom stereocenters. The van der Waals surface area contributed by atoms with Crippen LogP contribution in [0.4, 0.5) is 5.69 Å². The van der Waals surface area contributed by atoms with Crippen LogP contribution in [0.1, 0.15) is 6.42 Å². The van der Waals surface area contributed by atoms with Gasteiger partial charge in [0, 0.05) is 37.2 Å². The summed E-state index contributed by atoms with van der Waals surface area (Å²) in [6, 6.07) is 1.92. The van der Waals surface area contributed by atoms with Crippen LogP contribution in [0.2, 0.25) is 0 Å². The summed E-state index contributed by atoms with van der Waals surface area (Å²) >= 11 is 1.69. The molecule has 0 bridgehead atoms. The molecule has 1 rings (SSSR count). The van der Waals surface area contributed by atoms with Crippen LogP contribution in [0, 0.1) is 0 Å². The van der Waals surface area contributed by atoms with E-state index in [0.29, 0.717) is 0 Å². The summed E-state index contributed by atoms with van der Waals surface area (Å²) in [4.78, 5) is 5.00. The van der Waals surface area contributed by atoms with Gasteiger partial charge in [-0.1, -0.05) is 0 Å². The first kappa shape index (κ1) is 13.3. The quantitative estimate of drug-likeness (QED) is 0.556. The van der Waals surface area contributed by atoms with Gasteiger partial charge in [0.05, 0.1) is 18.5 Å². The number of aromatic nitrogens is 1. The molecule has 0 spiro atoms. The first-order valence-electron chi connectivity index (χ1n) is 5.23. The van der Waals surface area contributed by atoms with Crippen LogP contribution in [0.3, 0.4) is 0 Å². The molecule has 1 heterocycles. The van der Waals surface area contributed by atoms with Crippen molar-refractivity contribution in [3.05, 3.63) is 18.5 Å². The van der Waals surface area contributed by atoms with Crippen molar-refractivity contribution in [3.8, 4) is 0 Å². The highest BCUT2D eigenvalue weighted by Crippen LogP contribution is 2.22. The summed E-state index contributed by atoms with van der Waals surface area (Å²) < 4.78 is 10.4. The lowest BCUT2D eigenvalue weighted by Gasteiger charge is -2.05. The standard InChI is InChI=1S/C11H18N2O2S/c1-14-5-2-6-15-7-8-16-11-3-4-13-9-10(11)12/h3-4,9H,2,5-8,12H2,1H3. The predicted molar refractivity (Wildman–Crippen MR) is 66.7 cm³/mol. The molecule has 0 saturated heterocycles. The lowest BCUT2D eigenvalue weighted by atomic mass is 10.4. The first-order chi connectivity index (χ1) is 7.84. The van der Waals surface area contributed by atoms with Crippen LogP contribution in [0.25, 0.3) is 0 Å². The third-order valence-corrected chi connectivity index (χ3v) is 2.99. The summed E-state index contributed by atoms with van der Waals surface area (Å²) in [5.74, 6) is 0.904. The van der Waals surface area contributed by atoms with Crippen molar-refractivity contribution in [2.24, 2.45) is 0 Å². The van der Waals surface area contributed by atoms with Gasteiger partial charge in [-0.15, -0.1) is 11.8 Å². The van der Waals surface area contributed by atoms with Gasteiger partial charge in [-0.05, 0) is 12.5 Å². The van der Waals surface area contributed by atoms with E-state index >= 15 is 0 Å². The number of ether oxygens (including phenoxy) is 2. The molecule has 1 aromatic heterocycles. The smallest absolute Gasteiger partial charge is 0.0638 e. The van der Waals surface area contributed by atoms with Crippen molar-refractivity contribution in [2.75, 3.05) is 38.4 Å². The third kappa shape index (κ3) is 5.34. The summed E-state index contributed by atoms with van der Waals surface area (Å²) in [6.07, 6.45) is 4.36. The van der Waals surface area contributed by atoms with Gasteiger partial charge in [-0.2, -0.15) is 0 Å². The number of hydrogen-bond acceptors (Lipinski definition) is 5. The summed E-state index contributed by atoms with van der Waals surface area (Å²) in [5.41, 5.74) is 6.49. The number of hydrogen-bond donors (Lipinski definition) is 1. The zero-order valence-corrected chi connectivity index (χ0v) is 10.3. The monoisotopic (exact) mass is 242 g/mol. The van der Waals surface area contributed by atoms with Gasteiger partial charge < -0.3 is 15.2 Å². The third-order valence-electron chi connectivity index (χ3n) is 1.93. The largest absolute Gasteiger partial charge is 0.397 e. The van der Waals surface area contributed by atoms with E-state index in [2.05, 4.69) is 4.98 Å². The van der Waals surface area contributed by atoms with E-state index in [1.165, 1.54) is 0 Å². The van der Waals surface area contributed by atoms with E-state index in [4.69, 9.17) is 15.2 Å². The fourth-order valence-electron chi connectivity index (χ4n) is 1.14. The highest BCUT2D eigenvalue weighted by atomic mass is 32.2. The van der Waals surface area contributed by atoms with Crippen molar-refractivity contribution >= 4 is 17.4 Å². The van der Waals surface area contributed by atoms with Crippen LogP contribution in [0.5, 0.6) is 0 Å². The zero-order chi connectivity index (χ0) is 11.6. The molecule has 0 aliphatic heterocycles. The SMILES string of the molecule is COCCCOCCSc1ccncc1N. The number of nitrogens with zero attached hydrogens (tertiary/aromatic N) is 1.